The van der Waals surface area contributed by atoms with Gasteiger partial charge in [0, 0.05) is 41.9 Å². The van der Waals surface area contributed by atoms with Crippen LogP contribution in [0.4, 0.5) is 5.82 Å². The zero-order chi connectivity index (χ0) is 14.8. The molecule has 0 aliphatic carbocycles. The molecule has 20 heavy (non-hydrogen) atoms. The van der Waals surface area contributed by atoms with Gasteiger partial charge in [0.2, 0.25) is 0 Å². The number of hydrogen-bond acceptors (Lipinski definition) is 5. The Kier molecular flexibility index (Phi) is 4.91. The Balaban J connectivity index is 2.05. The quantitative estimate of drug-likeness (QED) is 0.928. The van der Waals surface area contributed by atoms with Crippen LogP contribution in [0.15, 0.2) is 12.4 Å². The van der Waals surface area contributed by atoms with E-state index in [0.717, 1.165) is 31.1 Å². The van der Waals surface area contributed by atoms with Crippen molar-refractivity contribution in [2.75, 3.05) is 18.0 Å². The summed E-state index contributed by atoms with van der Waals surface area (Å²) in [6.45, 7) is 13.9. The molecule has 5 heteroatoms. The lowest BCUT2D eigenvalue weighted by Crippen LogP contribution is -2.41. The molecule has 2 atom stereocenters. The fraction of sp³-hybridized carbons (Fsp3) is 0.733. The molecular formula is C15H26N4S. The minimum absolute atomic E-state index is 0.0997. The van der Waals surface area contributed by atoms with Crippen LogP contribution < -0.4 is 10.2 Å². The van der Waals surface area contributed by atoms with Crippen molar-refractivity contribution >= 4 is 17.6 Å². The van der Waals surface area contributed by atoms with E-state index in [2.05, 4.69) is 61.6 Å². The lowest BCUT2D eigenvalue weighted by molar-refractivity contribution is 0.421. The van der Waals surface area contributed by atoms with E-state index in [1.807, 2.05) is 12.4 Å². The van der Waals surface area contributed by atoms with Crippen LogP contribution in [-0.2, 0) is 6.54 Å². The molecule has 4 nitrogen and oxygen atoms in total. The van der Waals surface area contributed by atoms with Crippen molar-refractivity contribution < 1.29 is 0 Å². The normalized spacial score (nSPS) is 23.9. The first kappa shape index (κ1) is 15.6. The van der Waals surface area contributed by atoms with Crippen LogP contribution >= 0.6 is 11.8 Å². The molecule has 1 aromatic rings. The molecule has 2 rings (SSSR count). The van der Waals surface area contributed by atoms with Crippen molar-refractivity contribution in [3.05, 3.63) is 18.1 Å². The Morgan fingerprint density at radius 3 is 2.50 bits per heavy atom. The third kappa shape index (κ3) is 4.63. The standard InChI is InChI=1S/C15H26N4S/c1-11-9-19(10-12(2)20-11)14-8-16-6-13(18-14)7-17-15(3,4)5/h6,8,11-12,17H,7,9-10H2,1-5H3. The van der Waals surface area contributed by atoms with E-state index >= 15 is 0 Å². The van der Waals surface area contributed by atoms with E-state index in [9.17, 15) is 0 Å². The molecule has 0 amide bonds. The molecule has 1 aliphatic rings. The Labute approximate surface area is 126 Å². The SMILES string of the molecule is CC1CN(c2cncc(CNC(C)(C)C)n2)CC(C)S1. The van der Waals surface area contributed by atoms with Gasteiger partial charge in [0.05, 0.1) is 11.9 Å². The maximum absolute atomic E-state index is 4.76. The number of anilines is 1. The first-order valence-electron chi connectivity index (χ1n) is 7.30. The summed E-state index contributed by atoms with van der Waals surface area (Å²) in [4.78, 5) is 11.5. The molecule has 1 saturated heterocycles. The van der Waals surface area contributed by atoms with Crippen molar-refractivity contribution in [1.29, 1.82) is 0 Å². The van der Waals surface area contributed by atoms with E-state index in [1.54, 1.807) is 0 Å². The van der Waals surface area contributed by atoms with Crippen LogP contribution in [0.3, 0.4) is 0 Å². The van der Waals surface area contributed by atoms with Crippen LogP contribution in [0.5, 0.6) is 0 Å². The van der Waals surface area contributed by atoms with Crippen molar-refractivity contribution in [2.45, 2.75) is 57.2 Å². The molecule has 1 aromatic heterocycles. The number of rotatable bonds is 3. The molecule has 0 radical (unpaired) electrons. The Hall–Kier alpha value is -0.810. The van der Waals surface area contributed by atoms with Gasteiger partial charge < -0.3 is 10.2 Å². The number of nitrogens with one attached hydrogen (secondary N) is 1. The molecule has 0 saturated carbocycles. The molecule has 1 fully saturated rings. The second-order valence-electron chi connectivity index (χ2n) is 6.63. The largest absolute Gasteiger partial charge is 0.353 e. The minimum atomic E-state index is 0.0997. The summed E-state index contributed by atoms with van der Waals surface area (Å²) in [5.41, 5.74) is 1.11. The zero-order valence-corrected chi connectivity index (χ0v) is 14.0. The van der Waals surface area contributed by atoms with Crippen LogP contribution in [-0.4, -0.2) is 39.1 Å². The molecule has 1 aliphatic heterocycles. The zero-order valence-electron chi connectivity index (χ0n) is 13.2. The van der Waals surface area contributed by atoms with E-state index in [-0.39, 0.29) is 5.54 Å². The first-order valence-corrected chi connectivity index (χ1v) is 8.24. The van der Waals surface area contributed by atoms with Crippen LogP contribution in [0.25, 0.3) is 0 Å². The van der Waals surface area contributed by atoms with E-state index < -0.39 is 0 Å². The molecular weight excluding hydrogens is 268 g/mol. The molecule has 0 aromatic carbocycles. The van der Waals surface area contributed by atoms with E-state index in [1.165, 1.54) is 0 Å². The maximum atomic E-state index is 4.76. The molecule has 0 spiro atoms. The van der Waals surface area contributed by atoms with Gasteiger partial charge in [-0.05, 0) is 20.8 Å². The average molecular weight is 294 g/mol. The van der Waals surface area contributed by atoms with Gasteiger partial charge in [0.15, 0.2) is 0 Å². The third-order valence-corrected chi connectivity index (χ3v) is 4.44. The number of nitrogens with zero attached hydrogens (tertiary/aromatic N) is 3. The Bertz CT molecular complexity index is 434. The maximum Gasteiger partial charge on any atom is 0.147 e. The van der Waals surface area contributed by atoms with Gasteiger partial charge in [-0.1, -0.05) is 13.8 Å². The summed E-state index contributed by atoms with van der Waals surface area (Å²) in [6.07, 6.45) is 3.74. The molecule has 112 valence electrons. The van der Waals surface area contributed by atoms with Crippen molar-refractivity contribution in [3.63, 3.8) is 0 Å². The van der Waals surface area contributed by atoms with E-state index in [4.69, 9.17) is 4.98 Å². The van der Waals surface area contributed by atoms with Crippen molar-refractivity contribution in [2.24, 2.45) is 0 Å². The summed E-state index contributed by atoms with van der Waals surface area (Å²) < 4.78 is 0. The van der Waals surface area contributed by atoms with Gasteiger partial charge in [-0.25, -0.2) is 4.98 Å². The fourth-order valence-corrected chi connectivity index (χ4v) is 3.68. The lowest BCUT2D eigenvalue weighted by Gasteiger charge is -2.35. The van der Waals surface area contributed by atoms with Crippen molar-refractivity contribution in [3.8, 4) is 0 Å². The summed E-state index contributed by atoms with van der Waals surface area (Å²) >= 11 is 2.06. The topological polar surface area (TPSA) is 41.1 Å². The summed E-state index contributed by atoms with van der Waals surface area (Å²) in [6, 6.07) is 0. The third-order valence-electron chi connectivity index (χ3n) is 3.22. The minimum Gasteiger partial charge on any atom is -0.353 e. The van der Waals surface area contributed by atoms with Gasteiger partial charge in [-0.3, -0.25) is 4.98 Å². The molecule has 1 N–H and O–H groups in total. The smallest absolute Gasteiger partial charge is 0.147 e. The lowest BCUT2D eigenvalue weighted by atomic mass is 10.1. The highest BCUT2D eigenvalue weighted by molar-refractivity contribution is 8.00. The van der Waals surface area contributed by atoms with Gasteiger partial charge >= 0.3 is 0 Å². The fourth-order valence-electron chi connectivity index (χ4n) is 2.35. The number of thioether (sulfide) groups is 1. The predicted molar refractivity (Wildman–Crippen MR) is 87.4 cm³/mol. The average Bonchev–Trinajstić information content (AvgIpc) is 2.35. The molecule has 2 heterocycles. The number of aromatic nitrogens is 2. The Morgan fingerprint density at radius 1 is 1.25 bits per heavy atom. The van der Waals surface area contributed by atoms with E-state index in [0.29, 0.717) is 10.5 Å². The van der Waals surface area contributed by atoms with Gasteiger partial charge in [-0.2, -0.15) is 11.8 Å². The van der Waals surface area contributed by atoms with Crippen LogP contribution in [0.2, 0.25) is 0 Å². The number of hydrogen-bond donors (Lipinski definition) is 1. The van der Waals surface area contributed by atoms with Crippen molar-refractivity contribution in [1.82, 2.24) is 15.3 Å². The second-order valence-corrected chi connectivity index (χ2v) is 8.52. The second kappa shape index (κ2) is 6.31. The first-order chi connectivity index (χ1) is 9.33. The van der Waals surface area contributed by atoms with Crippen LogP contribution in [0, 0.1) is 0 Å². The summed E-state index contributed by atoms with van der Waals surface area (Å²) in [5, 5.41) is 4.76. The highest BCUT2D eigenvalue weighted by atomic mass is 32.2. The van der Waals surface area contributed by atoms with Crippen LogP contribution in [0.1, 0.15) is 40.3 Å². The predicted octanol–water partition coefficient (Wildman–Crippen LogP) is 2.69. The highest BCUT2D eigenvalue weighted by Crippen LogP contribution is 2.27. The van der Waals surface area contributed by atoms with Gasteiger partial charge in [0.1, 0.15) is 5.82 Å². The van der Waals surface area contributed by atoms with Gasteiger partial charge in [0.25, 0.3) is 0 Å². The molecule has 2 unspecified atom stereocenters. The summed E-state index contributed by atoms with van der Waals surface area (Å²) in [5.74, 6) is 1.01. The highest BCUT2D eigenvalue weighted by Gasteiger charge is 2.23. The molecule has 0 bridgehead atoms. The summed E-state index contributed by atoms with van der Waals surface area (Å²) in [7, 11) is 0. The monoisotopic (exact) mass is 294 g/mol. The van der Waals surface area contributed by atoms with Gasteiger partial charge in [-0.15, -0.1) is 0 Å². The Morgan fingerprint density at radius 2 is 1.90 bits per heavy atom.